The summed E-state index contributed by atoms with van der Waals surface area (Å²) in [5, 5.41) is 0. The lowest BCUT2D eigenvalue weighted by Crippen LogP contribution is -2.49. The zero-order chi connectivity index (χ0) is 23.2. The molecule has 0 radical (unpaired) electrons. The molecule has 1 aliphatic heterocycles. The molecule has 4 rings (SSSR count). The number of carbonyl (C=O) groups excluding carboxylic acids is 1. The first-order valence-electron chi connectivity index (χ1n) is 10.9. The molecule has 0 aliphatic carbocycles. The van der Waals surface area contributed by atoms with Crippen LogP contribution >= 0.6 is 0 Å². The molecule has 8 nitrogen and oxygen atoms in total. The van der Waals surface area contributed by atoms with Crippen LogP contribution in [0.25, 0.3) is 11.3 Å². The molecular weight excluding hydrogens is 420 g/mol. The van der Waals surface area contributed by atoms with E-state index in [0.717, 1.165) is 22.8 Å². The molecule has 0 atom stereocenters. The zero-order valence-electron chi connectivity index (χ0n) is 19.2. The Kier molecular flexibility index (Phi) is 6.92. The van der Waals surface area contributed by atoms with Crippen LogP contribution in [0.3, 0.4) is 0 Å². The number of amides is 1. The minimum atomic E-state index is -0.0492. The fraction of sp³-hybridized carbons (Fsp3) is 0.320. The highest BCUT2D eigenvalue weighted by molar-refractivity contribution is 5.97. The fourth-order valence-electron chi connectivity index (χ4n) is 3.85. The number of aromatic nitrogens is 2. The van der Waals surface area contributed by atoms with E-state index in [0.29, 0.717) is 49.8 Å². The quantitative estimate of drug-likeness (QED) is 0.547. The van der Waals surface area contributed by atoms with Gasteiger partial charge in [0.15, 0.2) is 0 Å². The number of hydrogen-bond acceptors (Lipinski definition) is 7. The lowest BCUT2D eigenvalue weighted by atomic mass is 10.1. The van der Waals surface area contributed by atoms with E-state index in [1.807, 2.05) is 42.2 Å². The van der Waals surface area contributed by atoms with Crippen molar-refractivity contribution in [2.24, 2.45) is 0 Å². The molecule has 33 heavy (non-hydrogen) atoms. The van der Waals surface area contributed by atoms with E-state index in [1.54, 1.807) is 38.7 Å². The molecule has 2 aromatic carbocycles. The van der Waals surface area contributed by atoms with Gasteiger partial charge in [-0.2, -0.15) is 0 Å². The van der Waals surface area contributed by atoms with E-state index in [4.69, 9.17) is 14.2 Å². The number of piperazine rings is 1. The second-order valence-electron chi connectivity index (χ2n) is 7.56. The number of rotatable bonds is 7. The summed E-state index contributed by atoms with van der Waals surface area (Å²) in [6, 6.07) is 15.1. The number of anilines is 1. The van der Waals surface area contributed by atoms with Crippen molar-refractivity contribution in [2.75, 3.05) is 51.9 Å². The van der Waals surface area contributed by atoms with Gasteiger partial charge in [0.05, 0.1) is 32.1 Å². The van der Waals surface area contributed by atoms with E-state index < -0.39 is 0 Å². The number of methoxy groups -OCH3 is 2. The minimum absolute atomic E-state index is 0.0492. The van der Waals surface area contributed by atoms with Gasteiger partial charge in [-0.25, -0.2) is 9.97 Å². The van der Waals surface area contributed by atoms with E-state index in [9.17, 15) is 4.79 Å². The summed E-state index contributed by atoms with van der Waals surface area (Å²) in [6.45, 7) is 5.16. The lowest BCUT2D eigenvalue weighted by molar-refractivity contribution is 0.0743. The Morgan fingerprint density at radius 2 is 1.64 bits per heavy atom. The van der Waals surface area contributed by atoms with Gasteiger partial charge < -0.3 is 24.0 Å². The molecule has 0 saturated carbocycles. The number of carbonyl (C=O) groups is 1. The highest BCUT2D eigenvalue weighted by Gasteiger charge is 2.25. The topological polar surface area (TPSA) is 77.0 Å². The Balaban J connectivity index is 1.43. The Labute approximate surface area is 193 Å². The van der Waals surface area contributed by atoms with Crippen LogP contribution in [-0.4, -0.2) is 67.8 Å². The monoisotopic (exact) mass is 448 g/mol. The van der Waals surface area contributed by atoms with E-state index in [-0.39, 0.29) is 5.91 Å². The number of hydrogen-bond donors (Lipinski definition) is 0. The predicted octanol–water partition coefficient (Wildman–Crippen LogP) is 3.52. The summed E-state index contributed by atoms with van der Waals surface area (Å²) in [4.78, 5) is 26.0. The summed E-state index contributed by atoms with van der Waals surface area (Å²) in [7, 11) is 3.14. The lowest BCUT2D eigenvalue weighted by Gasteiger charge is -2.35. The zero-order valence-corrected chi connectivity index (χ0v) is 19.2. The maximum atomic E-state index is 13.1. The number of nitrogens with zero attached hydrogens (tertiary/aromatic N) is 4. The number of ether oxygens (including phenoxy) is 3. The van der Waals surface area contributed by atoms with Crippen LogP contribution < -0.4 is 19.1 Å². The molecule has 0 spiro atoms. The molecule has 3 aromatic rings. The van der Waals surface area contributed by atoms with Gasteiger partial charge in [-0.05, 0) is 43.3 Å². The molecule has 0 bridgehead atoms. The summed E-state index contributed by atoms with van der Waals surface area (Å²) >= 11 is 0. The van der Waals surface area contributed by atoms with Gasteiger partial charge in [0.1, 0.15) is 29.4 Å². The Bertz CT molecular complexity index is 1100. The molecule has 1 fully saturated rings. The molecular formula is C25H28N4O4. The van der Waals surface area contributed by atoms with Crippen LogP contribution in [0.5, 0.6) is 17.2 Å². The average Bonchev–Trinajstić information content (AvgIpc) is 2.88. The highest BCUT2D eigenvalue weighted by Crippen LogP contribution is 2.27. The SMILES string of the molecule is CCOc1ccc(-c2cc(N3CCN(C(=O)c4ccc(OC)cc4OC)CC3)ncn2)cc1. The van der Waals surface area contributed by atoms with Crippen molar-refractivity contribution < 1.29 is 19.0 Å². The summed E-state index contributed by atoms with van der Waals surface area (Å²) in [5.74, 6) is 2.80. The van der Waals surface area contributed by atoms with Gasteiger partial charge in [0, 0.05) is 43.9 Å². The van der Waals surface area contributed by atoms with Crippen molar-refractivity contribution in [1.82, 2.24) is 14.9 Å². The molecule has 1 amide bonds. The van der Waals surface area contributed by atoms with Gasteiger partial charge in [-0.15, -0.1) is 0 Å². The fourth-order valence-corrected chi connectivity index (χ4v) is 3.85. The van der Waals surface area contributed by atoms with Crippen LogP contribution in [0.2, 0.25) is 0 Å². The summed E-state index contributed by atoms with van der Waals surface area (Å²) in [5.41, 5.74) is 2.39. The smallest absolute Gasteiger partial charge is 0.257 e. The van der Waals surface area contributed by atoms with E-state index in [1.165, 1.54) is 0 Å². The normalized spacial score (nSPS) is 13.5. The molecule has 172 valence electrons. The Morgan fingerprint density at radius 3 is 2.30 bits per heavy atom. The Hall–Kier alpha value is -3.81. The second-order valence-corrected chi connectivity index (χ2v) is 7.56. The van der Waals surface area contributed by atoms with Crippen molar-refractivity contribution in [3.8, 4) is 28.5 Å². The van der Waals surface area contributed by atoms with Crippen molar-refractivity contribution in [2.45, 2.75) is 6.92 Å². The van der Waals surface area contributed by atoms with Crippen LogP contribution in [0.4, 0.5) is 5.82 Å². The third-order valence-electron chi connectivity index (χ3n) is 5.64. The van der Waals surface area contributed by atoms with Crippen LogP contribution in [0.1, 0.15) is 17.3 Å². The maximum absolute atomic E-state index is 13.1. The molecule has 1 aliphatic rings. The predicted molar refractivity (Wildman–Crippen MR) is 126 cm³/mol. The van der Waals surface area contributed by atoms with Gasteiger partial charge >= 0.3 is 0 Å². The van der Waals surface area contributed by atoms with Crippen LogP contribution in [0, 0.1) is 0 Å². The largest absolute Gasteiger partial charge is 0.497 e. The van der Waals surface area contributed by atoms with Gasteiger partial charge in [-0.1, -0.05) is 0 Å². The molecule has 2 heterocycles. The third kappa shape index (κ3) is 5.00. The van der Waals surface area contributed by atoms with Crippen molar-refractivity contribution in [3.05, 3.63) is 60.4 Å². The standard InChI is InChI=1S/C25H28N4O4/c1-4-33-19-7-5-18(6-8-19)22-16-24(27-17-26-22)28-11-13-29(14-12-28)25(30)21-10-9-20(31-2)15-23(21)32-3/h5-10,15-17H,4,11-14H2,1-3H3. The molecule has 0 N–H and O–H groups in total. The number of benzene rings is 2. The highest BCUT2D eigenvalue weighted by atomic mass is 16.5. The average molecular weight is 449 g/mol. The van der Waals surface area contributed by atoms with Crippen molar-refractivity contribution in [1.29, 1.82) is 0 Å². The first-order valence-corrected chi connectivity index (χ1v) is 10.9. The molecule has 0 unspecified atom stereocenters. The summed E-state index contributed by atoms with van der Waals surface area (Å²) < 4.78 is 16.1. The molecule has 8 heteroatoms. The molecule has 1 saturated heterocycles. The Morgan fingerprint density at radius 1 is 0.909 bits per heavy atom. The van der Waals surface area contributed by atoms with Gasteiger partial charge in [-0.3, -0.25) is 4.79 Å². The van der Waals surface area contributed by atoms with Crippen molar-refractivity contribution >= 4 is 11.7 Å². The third-order valence-corrected chi connectivity index (χ3v) is 5.64. The second kappa shape index (κ2) is 10.2. The van der Waals surface area contributed by atoms with E-state index >= 15 is 0 Å². The van der Waals surface area contributed by atoms with Crippen LogP contribution in [-0.2, 0) is 0 Å². The first kappa shape index (κ1) is 22.4. The first-order chi connectivity index (χ1) is 16.1. The van der Waals surface area contributed by atoms with Crippen molar-refractivity contribution in [3.63, 3.8) is 0 Å². The van der Waals surface area contributed by atoms with Crippen LogP contribution in [0.15, 0.2) is 54.9 Å². The van der Waals surface area contributed by atoms with Gasteiger partial charge in [0.25, 0.3) is 5.91 Å². The van der Waals surface area contributed by atoms with E-state index in [2.05, 4.69) is 14.9 Å². The minimum Gasteiger partial charge on any atom is -0.497 e. The summed E-state index contributed by atoms with van der Waals surface area (Å²) in [6.07, 6.45) is 1.58. The maximum Gasteiger partial charge on any atom is 0.257 e. The van der Waals surface area contributed by atoms with Gasteiger partial charge in [0.2, 0.25) is 0 Å². The molecule has 1 aromatic heterocycles.